The quantitative estimate of drug-likeness (QED) is 0.430. The van der Waals surface area contributed by atoms with E-state index in [-0.39, 0.29) is 30.7 Å². The molecule has 8 nitrogen and oxygen atoms in total. The van der Waals surface area contributed by atoms with Crippen LogP contribution < -0.4 is 15.0 Å². The summed E-state index contributed by atoms with van der Waals surface area (Å²) >= 11 is 0. The van der Waals surface area contributed by atoms with Crippen molar-refractivity contribution < 1.29 is 23.9 Å². The molecule has 0 aromatic heterocycles. The van der Waals surface area contributed by atoms with E-state index in [2.05, 4.69) is 10.2 Å². The number of hydrogen-bond acceptors (Lipinski definition) is 7. The van der Waals surface area contributed by atoms with Crippen molar-refractivity contribution in [2.45, 2.75) is 58.1 Å². The maximum atomic E-state index is 12.8. The lowest BCUT2D eigenvalue weighted by molar-refractivity contribution is -0.163. The summed E-state index contributed by atoms with van der Waals surface area (Å²) in [6.07, 6.45) is 3.50. The van der Waals surface area contributed by atoms with Gasteiger partial charge in [0.1, 0.15) is 5.75 Å². The Kier molecular flexibility index (Phi) is 12.7. The van der Waals surface area contributed by atoms with Crippen LogP contribution in [0.4, 0.5) is 5.69 Å². The van der Waals surface area contributed by atoms with Gasteiger partial charge in [0.15, 0.2) is 6.10 Å². The number of unbranched alkanes of at least 4 members (excludes halogenated alkanes) is 1. The highest BCUT2D eigenvalue weighted by molar-refractivity contribution is 5.95. The van der Waals surface area contributed by atoms with Crippen molar-refractivity contribution in [3.8, 4) is 5.75 Å². The van der Waals surface area contributed by atoms with Crippen LogP contribution in [0.2, 0.25) is 0 Å². The molecule has 1 aromatic rings. The van der Waals surface area contributed by atoms with Crippen LogP contribution in [0.5, 0.6) is 5.75 Å². The minimum Gasteiger partial charge on any atom is -0.479 e. The van der Waals surface area contributed by atoms with E-state index < -0.39 is 18.0 Å². The number of carbonyl (C=O) groups excluding carboxylic acids is 3. The summed E-state index contributed by atoms with van der Waals surface area (Å²) in [6.45, 7) is 7.21. The predicted octanol–water partition coefficient (Wildman–Crippen LogP) is 2.96. The molecule has 0 aliphatic carbocycles. The summed E-state index contributed by atoms with van der Waals surface area (Å²) in [6, 6.07) is 7.66. The third-order valence-corrected chi connectivity index (χ3v) is 5.83. The first kappa shape index (κ1) is 29.2. The van der Waals surface area contributed by atoms with Gasteiger partial charge in [-0.25, -0.2) is 4.79 Å². The lowest BCUT2D eigenvalue weighted by Crippen LogP contribution is -2.55. The number of esters is 2. The molecule has 0 saturated carbocycles. The number of nitrogens with zero attached hydrogens (tertiary/aromatic N) is 2. The first-order valence-corrected chi connectivity index (χ1v) is 11.2. The molecular weight excluding hydrogens is 469 g/mol. The highest BCUT2D eigenvalue weighted by Crippen LogP contribution is 2.24. The second-order valence-corrected chi connectivity index (χ2v) is 8.15. The fraction of sp³-hybridized carbons (Fsp3) is 0.609. The molecule has 10 heteroatoms. The van der Waals surface area contributed by atoms with E-state index in [1.165, 1.54) is 6.92 Å². The molecule has 33 heavy (non-hydrogen) atoms. The zero-order chi connectivity index (χ0) is 22.2. The lowest BCUT2D eigenvalue weighted by atomic mass is 10.0. The monoisotopic (exact) mass is 503 g/mol. The summed E-state index contributed by atoms with van der Waals surface area (Å²) in [5, 5.41) is 3.37. The summed E-state index contributed by atoms with van der Waals surface area (Å²) in [5.41, 5.74) is 0.818. The average molecular weight is 504 g/mol. The van der Waals surface area contributed by atoms with Crippen molar-refractivity contribution in [3.63, 3.8) is 0 Å². The van der Waals surface area contributed by atoms with E-state index in [9.17, 15) is 14.4 Å². The van der Waals surface area contributed by atoms with Gasteiger partial charge in [0.25, 0.3) is 0 Å². The van der Waals surface area contributed by atoms with Gasteiger partial charge in [-0.2, -0.15) is 0 Å². The van der Waals surface area contributed by atoms with Gasteiger partial charge in [0.05, 0.1) is 6.54 Å². The molecule has 2 fully saturated rings. The molecule has 0 radical (unpaired) electrons. The summed E-state index contributed by atoms with van der Waals surface area (Å²) < 4.78 is 10.5. The normalized spacial score (nSPS) is 18.0. The van der Waals surface area contributed by atoms with Crippen LogP contribution in [0.25, 0.3) is 0 Å². The van der Waals surface area contributed by atoms with Crippen LogP contribution in [-0.2, 0) is 19.1 Å². The number of amides is 1. The number of ether oxygens (including phenoxy) is 2. The van der Waals surface area contributed by atoms with Gasteiger partial charge in [-0.1, -0.05) is 13.3 Å². The number of piperidine rings is 1. The largest absolute Gasteiger partial charge is 0.479 e. The van der Waals surface area contributed by atoms with Gasteiger partial charge in [-0.15, -0.1) is 24.8 Å². The van der Waals surface area contributed by atoms with Crippen LogP contribution in [0.1, 0.15) is 46.0 Å². The third-order valence-electron chi connectivity index (χ3n) is 5.83. The number of halogens is 2. The lowest BCUT2D eigenvalue weighted by Gasteiger charge is -2.40. The Bertz CT molecular complexity index is 772. The molecule has 2 aliphatic heterocycles. The van der Waals surface area contributed by atoms with Gasteiger partial charge in [0.2, 0.25) is 5.91 Å². The molecule has 0 spiro atoms. The van der Waals surface area contributed by atoms with Crippen molar-refractivity contribution >= 4 is 48.3 Å². The Morgan fingerprint density at radius 1 is 1.12 bits per heavy atom. The Labute approximate surface area is 208 Å². The molecule has 3 rings (SSSR count). The van der Waals surface area contributed by atoms with E-state index in [0.717, 1.165) is 51.0 Å². The fourth-order valence-corrected chi connectivity index (χ4v) is 4.14. The third kappa shape index (κ3) is 8.45. The van der Waals surface area contributed by atoms with Crippen molar-refractivity contribution in [2.24, 2.45) is 0 Å². The number of anilines is 1. The number of carbonyl (C=O) groups is 3. The van der Waals surface area contributed by atoms with Crippen molar-refractivity contribution in [2.75, 3.05) is 37.6 Å². The molecule has 2 aliphatic rings. The first-order valence-electron chi connectivity index (χ1n) is 11.2. The SMILES string of the molecule is CCCCC(Oc1ccc(N2CCN(C3CCNCC3)CC2=O)cc1)C(=O)OC(C)=O.Cl.Cl. The number of benzene rings is 1. The topological polar surface area (TPSA) is 88.2 Å². The van der Waals surface area contributed by atoms with Crippen LogP contribution in [0.3, 0.4) is 0 Å². The second kappa shape index (κ2) is 14.4. The maximum Gasteiger partial charge on any atom is 0.354 e. The van der Waals surface area contributed by atoms with Crippen LogP contribution in [0, 0.1) is 0 Å². The van der Waals surface area contributed by atoms with Gasteiger partial charge < -0.3 is 19.7 Å². The second-order valence-electron chi connectivity index (χ2n) is 8.15. The molecule has 186 valence electrons. The van der Waals surface area contributed by atoms with E-state index in [1.54, 1.807) is 17.0 Å². The first-order chi connectivity index (χ1) is 15.0. The summed E-state index contributed by atoms with van der Waals surface area (Å²) in [5.74, 6) is -0.711. The van der Waals surface area contributed by atoms with Gasteiger partial charge in [-0.05, 0) is 63.0 Å². The smallest absolute Gasteiger partial charge is 0.354 e. The van der Waals surface area contributed by atoms with Crippen LogP contribution in [-0.4, -0.2) is 67.6 Å². The Hall–Kier alpha value is -1.87. The van der Waals surface area contributed by atoms with Gasteiger partial charge in [-0.3, -0.25) is 14.5 Å². The molecule has 1 N–H and O–H groups in total. The zero-order valence-corrected chi connectivity index (χ0v) is 20.9. The average Bonchev–Trinajstić information content (AvgIpc) is 2.77. The highest BCUT2D eigenvalue weighted by Gasteiger charge is 2.30. The Morgan fingerprint density at radius 3 is 2.36 bits per heavy atom. The van der Waals surface area contributed by atoms with Crippen molar-refractivity contribution in [1.82, 2.24) is 10.2 Å². The fourth-order valence-electron chi connectivity index (χ4n) is 4.14. The number of nitrogens with one attached hydrogen (secondary N) is 1. The molecule has 1 unspecified atom stereocenters. The predicted molar refractivity (Wildman–Crippen MR) is 131 cm³/mol. The van der Waals surface area contributed by atoms with E-state index >= 15 is 0 Å². The molecule has 2 heterocycles. The maximum absolute atomic E-state index is 12.8. The van der Waals surface area contributed by atoms with Crippen molar-refractivity contribution in [3.05, 3.63) is 24.3 Å². The number of piperazine rings is 1. The van der Waals surface area contributed by atoms with Gasteiger partial charge in [0, 0.05) is 31.7 Å². The molecule has 1 aromatic carbocycles. The zero-order valence-electron chi connectivity index (χ0n) is 19.3. The standard InChI is InChI=1S/C23H33N3O5.2ClH/c1-3-4-5-21(23(29)30-17(2)27)31-20-8-6-19(7-9-20)26-15-14-25(16-22(26)28)18-10-12-24-13-11-18;;/h6-9,18,21,24H,3-5,10-16H2,1-2H3;2*1H. The molecule has 1 amide bonds. The number of hydrogen-bond donors (Lipinski definition) is 1. The van der Waals surface area contributed by atoms with Crippen molar-refractivity contribution in [1.29, 1.82) is 0 Å². The van der Waals surface area contributed by atoms with Crippen LogP contribution in [0.15, 0.2) is 24.3 Å². The molecule has 2 saturated heterocycles. The molecule has 1 atom stereocenters. The van der Waals surface area contributed by atoms with E-state index in [0.29, 0.717) is 31.3 Å². The Balaban J connectivity index is 0.00000272. The molecular formula is C23H35Cl2N3O5. The number of rotatable bonds is 8. The Morgan fingerprint density at radius 2 is 1.79 bits per heavy atom. The van der Waals surface area contributed by atoms with Crippen LogP contribution >= 0.6 is 24.8 Å². The summed E-state index contributed by atoms with van der Waals surface area (Å²) in [4.78, 5) is 40.1. The summed E-state index contributed by atoms with van der Waals surface area (Å²) in [7, 11) is 0. The van der Waals surface area contributed by atoms with Gasteiger partial charge >= 0.3 is 11.9 Å². The van der Waals surface area contributed by atoms with E-state index in [1.807, 2.05) is 19.1 Å². The minimum absolute atomic E-state index is 0. The highest BCUT2D eigenvalue weighted by atomic mass is 35.5. The van der Waals surface area contributed by atoms with E-state index in [4.69, 9.17) is 9.47 Å². The minimum atomic E-state index is -0.829. The molecule has 0 bridgehead atoms.